The summed E-state index contributed by atoms with van der Waals surface area (Å²) < 4.78 is 0. The Balaban J connectivity index is 2.07. The van der Waals surface area contributed by atoms with Crippen LogP contribution in [-0.2, 0) is 11.2 Å². The van der Waals surface area contributed by atoms with E-state index in [9.17, 15) is 4.79 Å². The number of aryl methyl sites for hydroxylation is 2. The van der Waals surface area contributed by atoms with Crippen LogP contribution in [0.5, 0.6) is 0 Å². The van der Waals surface area contributed by atoms with E-state index in [1.807, 2.05) is 0 Å². The number of hydrogen-bond acceptors (Lipinski definition) is 1. The van der Waals surface area contributed by atoms with Gasteiger partial charge in [0.1, 0.15) is 5.78 Å². The molecule has 0 bridgehead atoms. The molecule has 1 saturated carbocycles. The highest BCUT2D eigenvalue weighted by Crippen LogP contribution is 2.32. The molecule has 2 rings (SSSR count). The molecule has 0 saturated heterocycles. The van der Waals surface area contributed by atoms with Crippen LogP contribution in [0, 0.1) is 25.7 Å². The molecule has 1 fully saturated rings. The van der Waals surface area contributed by atoms with Crippen molar-refractivity contribution in [3.8, 4) is 0 Å². The fourth-order valence-electron chi connectivity index (χ4n) is 3.13. The van der Waals surface area contributed by atoms with E-state index in [0.717, 1.165) is 6.42 Å². The van der Waals surface area contributed by atoms with Gasteiger partial charge in [-0.25, -0.2) is 0 Å². The highest BCUT2D eigenvalue weighted by molar-refractivity contribution is 5.83. The number of carbonyl (C=O) groups excluding carboxylic acids is 1. The first-order valence-electron chi connectivity index (χ1n) is 6.66. The van der Waals surface area contributed by atoms with Gasteiger partial charge in [0.2, 0.25) is 0 Å². The van der Waals surface area contributed by atoms with Crippen molar-refractivity contribution in [2.75, 3.05) is 0 Å². The molecule has 1 aromatic carbocycles. The maximum absolute atomic E-state index is 12.2. The summed E-state index contributed by atoms with van der Waals surface area (Å²) in [6.07, 6.45) is 4.18. The Morgan fingerprint density at radius 2 is 1.82 bits per heavy atom. The third kappa shape index (κ3) is 2.96. The van der Waals surface area contributed by atoms with Gasteiger partial charge < -0.3 is 0 Å². The lowest BCUT2D eigenvalue weighted by Gasteiger charge is -2.14. The summed E-state index contributed by atoms with van der Waals surface area (Å²) in [5.74, 6) is 1.35. The van der Waals surface area contributed by atoms with Crippen molar-refractivity contribution in [2.24, 2.45) is 11.8 Å². The minimum Gasteiger partial charge on any atom is -0.299 e. The van der Waals surface area contributed by atoms with Gasteiger partial charge in [-0.3, -0.25) is 4.79 Å². The molecule has 1 aliphatic carbocycles. The van der Waals surface area contributed by atoms with Gasteiger partial charge in [0.25, 0.3) is 0 Å². The maximum Gasteiger partial charge on any atom is 0.140 e. The lowest BCUT2D eigenvalue weighted by Crippen LogP contribution is -2.19. The molecule has 0 amide bonds. The molecule has 0 heterocycles. The van der Waals surface area contributed by atoms with E-state index in [4.69, 9.17) is 0 Å². The predicted molar refractivity (Wildman–Crippen MR) is 71.1 cm³/mol. The highest BCUT2D eigenvalue weighted by Gasteiger charge is 2.29. The van der Waals surface area contributed by atoms with Crippen LogP contribution in [0.25, 0.3) is 0 Å². The second-order valence-corrected chi connectivity index (χ2v) is 5.65. The summed E-state index contributed by atoms with van der Waals surface area (Å²) in [4.78, 5) is 12.2. The maximum atomic E-state index is 12.2. The summed E-state index contributed by atoms with van der Waals surface area (Å²) in [6, 6.07) is 6.45. The molecule has 1 aliphatic rings. The number of ketones is 1. The normalized spacial score (nSPS) is 23.9. The van der Waals surface area contributed by atoms with Crippen LogP contribution in [0.1, 0.15) is 42.9 Å². The Labute approximate surface area is 104 Å². The van der Waals surface area contributed by atoms with E-state index in [0.29, 0.717) is 24.0 Å². The standard InChI is InChI=1S/C16H22O/c1-11-7-12(2)9-14(8-11)10-16(17)15-6-4-5-13(15)3/h7-9,13,15H,4-6,10H2,1-3H3. The van der Waals surface area contributed by atoms with Crippen LogP contribution >= 0.6 is 0 Å². The molecule has 17 heavy (non-hydrogen) atoms. The lowest BCUT2D eigenvalue weighted by atomic mass is 9.89. The molecule has 1 aromatic rings. The molecule has 2 atom stereocenters. The van der Waals surface area contributed by atoms with Crippen LogP contribution in [0.4, 0.5) is 0 Å². The Kier molecular flexibility index (Phi) is 3.66. The van der Waals surface area contributed by atoms with E-state index in [1.54, 1.807) is 0 Å². The smallest absolute Gasteiger partial charge is 0.140 e. The van der Waals surface area contributed by atoms with Crippen LogP contribution in [0.15, 0.2) is 18.2 Å². The monoisotopic (exact) mass is 230 g/mol. The first kappa shape index (κ1) is 12.3. The minimum atomic E-state index is 0.316. The first-order valence-corrected chi connectivity index (χ1v) is 6.66. The van der Waals surface area contributed by atoms with E-state index >= 15 is 0 Å². The predicted octanol–water partition coefficient (Wildman–Crippen LogP) is 3.85. The molecule has 1 heteroatoms. The van der Waals surface area contributed by atoms with Gasteiger partial charge in [-0.15, -0.1) is 0 Å². The molecule has 0 radical (unpaired) electrons. The van der Waals surface area contributed by atoms with Crippen molar-refractivity contribution < 1.29 is 4.79 Å². The molecule has 0 aliphatic heterocycles. The average molecular weight is 230 g/mol. The zero-order valence-corrected chi connectivity index (χ0v) is 11.1. The summed E-state index contributed by atoms with van der Waals surface area (Å²) in [7, 11) is 0. The number of carbonyl (C=O) groups is 1. The van der Waals surface area contributed by atoms with Crippen LogP contribution in [0.3, 0.4) is 0 Å². The SMILES string of the molecule is Cc1cc(C)cc(CC(=O)C2CCCC2C)c1. The Bertz CT molecular complexity index is 399. The number of hydrogen-bond donors (Lipinski definition) is 0. The second-order valence-electron chi connectivity index (χ2n) is 5.65. The van der Waals surface area contributed by atoms with Gasteiger partial charge in [0.05, 0.1) is 0 Å². The molecule has 2 unspecified atom stereocenters. The Hall–Kier alpha value is -1.11. The quantitative estimate of drug-likeness (QED) is 0.770. The van der Waals surface area contributed by atoms with Gasteiger partial charge in [-0.05, 0) is 38.2 Å². The minimum absolute atomic E-state index is 0.316. The van der Waals surface area contributed by atoms with Crippen molar-refractivity contribution in [3.63, 3.8) is 0 Å². The zero-order chi connectivity index (χ0) is 12.4. The van der Waals surface area contributed by atoms with E-state index in [-0.39, 0.29) is 0 Å². The Morgan fingerprint density at radius 3 is 2.35 bits per heavy atom. The van der Waals surface area contributed by atoms with Gasteiger partial charge >= 0.3 is 0 Å². The van der Waals surface area contributed by atoms with Gasteiger partial charge in [0.15, 0.2) is 0 Å². The van der Waals surface area contributed by atoms with Crippen LogP contribution in [-0.4, -0.2) is 5.78 Å². The fraction of sp³-hybridized carbons (Fsp3) is 0.562. The summed E-state index contributed by atoms with van der Waals surface area (Å²) in [5, 5.41) is 0. The molecular formula is C16H22O. The topological polar surface area (TPSA) is 17.1 Å². The lowest BCUT2D eigenvalue weighted by molar-refractivity contribution is -0.123. The molecule has 92 valence electrons. The third-order valence-electron chi connectivity index (χ3n) is 3.93. The third-order valence-corrected chi connectivity index (χ3v) is 3.93. The molecular weight excluding hydrogens is 208 g/mol. The van der Waals surface area contributed by atoms with Crippen molar-refractivity contribution in [2.45, 2.75) is 46.5 Å². The summed E-state index contributed by atoms with van der Waals surface area (Å²) >= 11 is 0. The van der Waals surface area contributed by atoms with Crippen molar-refractivity contribution in [1.82, 2.24) is 0 Å². The largest absolute Gasteiger partial charge is 0.299 e. The first-order chi connectivity index (χ1) is 8.06. The molecule has 0 spiro atoms. The van der Waals surface area contributed by atoms with E-state index in [1.165, 1.54) is 29.5 Å². The van der Waals surface area contributed by atoms with Crippen LogP contribution in [0.2, 0.25) is 0 Å². The number of rotatable bonds is 3. The van der Waals surface area contributed by atoms with Crippen molar-refractivity contribution in [1.29, 1.82) is 0 Å². The average Bonchev–Trinajstić information content (AvgIpc) is 2.62. The van der Waals surface area contributed by atoms with E-state index in [2.05, 4.69) is 39.0 Å². The number of Topliss-reactive ketones (excluding diaryl/α,β-unsaturated/α-hetero) is 1. The van der Waals surface area contributed by atoms with E-state index < -0.39 is 0 Å². The second kappa shape index (κ2) is 5.03. The summed E-state index contributed by atoms with van der Waals surface area (Å²) in [6.45, 7) is 6.41. The van der Waals surface area contributed by atoms with Gasteiger partial charge in [0, 0.05) is 12.3 Å². The molecule has 0 aromatic heterocycles. The van der Waals surface area contributed by atoms with Crippen molar-refractivity contribution in [3.05, 3.63) is 34.9 Å². The Morgan fingerprint density at radius 1 is 1.18 bits per heavy atom. The summed E-state index contributed by atoms with van der Waals surface area (Å²) in [5.41, 5.74) is 3.70. The highest BCUT2D eigenvalue weighted by atomic mass is 16.1. The fourth-order valence-corrected chi connectivity index (χ4v) is 3.13. The van der Waals surface area contributed by atoms with Crippen LogP contribution < -0.4 is 0 Å². The molecule has 1 nitrogen and oxygen atoms in total. The molecule has 0 N–H and O–H groups in total. The zero-order valence-electron chi connectivity index (χ0n) is 11.1. The van der Waals surface area contributed by atoms with Crippen molar-refractivity contribution >= 4 is 5.78 Å². The number of benzene rings is 1. The van der Waals surface area contributed by atoms with Gasteiger partial charge in [-0.2, -0.15) is 0 Å². The van der Waals surface area contributed by atoms with Gasteiger partial charge in [-0.1, -0.05) is 42.7 Å².